The Hall–Kier alpha value is -3.86. The monoisotopic (exact) mass is 488 g/mol. The quantitative estimate of drug-likeness (QED) is 0.632. The van der Waals surface area contributed by atoms with Crippen LogP contribution in [0.2, 0.25) is 0 Å². The smallest absolute Gasteiger partial charge is 0.410 e. The summed E-state index contributed by atoms with van der Waals surface area (Å²) in [6.45, 7) is 14.0. The van der Waals surface area contributed by atoms with E-state index in [9.17, 15) is 14.4 Å². The first-order chi connectivity index (χ1) is 17.1. The van der Waals surface area contributed by atoms with Gasteiger partial charge in [-0.1, -0.05) is 69.3 Å². The minimum atomic E-state index is -0.972. The molecule has 36 heavy (non-hydrogen) atoms. The molecular formula is C28H32N4O4. The van der Waals surface area contributed by atoms with Crippen LogP contribution in [0, 0.1) is 12.0 Å². The second-order valence-electron chi connectivity index (χ2n) is 10.8. The number of carbonyl (C=O) groups is 3. The lowest BCUT2D eigenvalue weighted by Crippen LogP contribution is -2.52. The SMILES string of the molecule is [C-]#[N+][C@@H]1C[C@@]2(CN1C(=O)[C@H](CC(C)(C)C)N(C)C(=O)OCc1ccccc1)C(=O)Nc1ccccc12. The number of amides is 3. The van der Waals surface area contributed by atoms with Crippen molar-refractivity contribution >= 4 is 23.6 Å². The van der Waals surface area contributed by atoms with E-state index in [1.54, 1.807) is 7.05 Å². The maximum atomic E-state index is 14.0. The standard InChI is InChI=1S/C28H32N4O4/c1-27(2,3)15-22(31(5)26(35)36-17-19-11-7-6-8-12-19)24(33)32-18-28(16-23(32)29-4)20-13-9-10-14-21(20)30-25(28)34/h6-14,22-23H,15-18H2,1-3,5H3,(H,30,34)/t22-,23-,28-/m0/s1. The number of rotatable bonds is 5. The molecule has 2 aliphatic rings. The van der Waals surface area contributed by atoms with Crippen LogP contribution >= 0.6 is 0 Å². The maximum absolute atomic E-state index is 14.0. The third-order valence-electron chi connectivity index (χ3n) is 6.94. The summed E-state index contributed by atoms with van der Waals surface area (Å²) in [5.74, 6) is -0.546. The number of para-hydroxylation sites is 1. The van der Waals surface area contributed by atoms with Gasteiger partial charge in [0.15, 0.2) is 0 Å². The molecule has 1 N–H and O–H groups in total. The predicted octanol–water partition coefficient (Wildman–Crippen LogP) is 4.43. The molecule has 3 amide bonds. The van der Waals surface area contributed by atoms with E-state index in [-0.39, 0.29) is 36.8 Å². The van der Waals surface area contributed by atoms with Gasteiger partial charge in [-0.3, -0.25) is 24.2 Å². The molecule has 0 radical (unpaired) electrons. The molecule has 0 aliphatic carbocycles. The fourth-order valence-corrected chi connectivity index (χ4v) is 5.07. The predicted molar refractivity (Wildman–Crippen MR) is 136 cm³/mol. The molecule has 1 saturated heterocycles. The maximum Gasteiger partial charge on any atom is 0.410 e. The molecular weight excluding hydrogens is 456 g/mol. The zero-order valence-electron chi connectivity index (χ0n) is 21.2. The van der Waals surface area contributed by atoms with Crippen molar-refractivity contribution in [3.8, 4) is 0 Å². The van der Waals surface area contributed by atoms with Crippen molar-refractivity contribution in [2.75, 3.05) is 18.9 Å². The van der Waals surface area contributed by atoms with E-state index in [4.69, 9.17) is 11.3 Å². The van der Waals surface area contributed by atoms with Crippen LogP contribution in [-0.2, 0) is 26.3 Å². The second kappa shape index (κ2) is 9.65. The first-order valence-corrected chi connectivity index (χ1v) is 12.1. The lowest BCUT2D eigenvalue weighted by Gasteiger charge is -2.34. The van der Waals surface area contributed by atoms with Gasteiger partial charge in [-0.2, -0.15) is 0 Å². The van der Waals surface area contributed by atoms with Crippen molar-refractivity contribution in [3.05, 3.63) is 77.1 Å². The van der Waals surface area contributed by atoms with Crippen molar-refractivity contribution in [1.82, 2.24) is 9.80 Å². The van der Waals surface area contributed by atoms with Crippen molar-refractivity contribution in [2.24, 2.45) is 5.41 Å². The number of likely N-dealkylation sites (N-methyl/N-ethyl adjacent to an activating group) is 1. The third kappa shape index (κ3) is 4.78. The van der Waals surface area contributed by atoms with Crippen LogP contribution in [0.3, 0.4) is 0 Å². The number of nitrogens with one attached hydrogen (secondary N) is 1. The molecule has 0 unspecified atom stereocenters. The minimum Gasteiger partial charge on any atom is -0.445 e. The molecule has 3 atom stereocenters. The molecule has 0 saturated carbocycles. The van der Waals surface area contributed by atoms with Gasteiger partial charge in [-0.25, -0.2) is 11.4 Å². The van der Waals surface area contributed by atoms with Gasteiger partial charge in [0.1, 0.15) is 18.1 Å². The molecule has 2 aromatic rings. The van der Waals surface area contributed by atoms with Crippen molar-refractivity contribution in [1.29, 1.82) is 0 Å². The van der Waals surface area contributed by atoms with E-state index >= 15 is 0 Å². The van der Waals surface area contributed by atoms with Gasteiger partial charge in [0.25, 0.3) is 5.91 Å². The Morgan fingerprint density at radius 1 is 1.19 bits per heavy atom. The molecule has 0 bridgehead atoms. The Labute approximate surface area is 212 Å². The molecule has 1 spiro atoms. The summed E-state index contributed by atoms with van der Waals surface area (Å²) in [5, 5.41) is 2.91. The lowest BCUT2D eigenvalue weighted by molar-refractivity contribution is -0.137. The number of hydrogen-bond donors (Lipinski definition) is 1. The average molecular weight is 489 g/mol. The van der Waals surface area contributed by atoms with Crippen LogP contribution < -0.4 is 5.32 Å². The largest absolute Gasteiger partial charge is 0.445 e. The molecule has 2 aliphatic heterocycles. The zero-order valence-corrected chi connectivity index (χ0v) is 21.2. The van der Waals surface area contributed by atoms with Gasteiger partial charge in [0.05, 0.1) is 6.42 Å². The zero-order chi connectivity index (χ0) is 26.1. The number of hydrogen-bond acceptors (Lipinski definition) is 4. The third-order valence-corrected chi connectivity index (χ3v) is 6.94. The van der Waals surface area contributed by atoms with Crippen LogP contribution in [0.15, 0.2) is 54.6 Å². The van der Waals surface area contributed by atoms with Gasteiger partial charge in [-0.05, 0) is 29.0 Å². The first kappa shape index (κ1) is 25.2. The van der Waals surface area contributed by atoms with Gasteiger partial charge < -0.3 is 10.1 Å². The molecule has 2 aromatic carbocycles. The Morgan fingerprint density at radius 3 is 2.53 bits per heavy atom. The highest BCUT2D eigenvalue weighted by Gasteiger charge is 2.59. The number of anilines is 1. The molecule has 0 aromatic heterocycles. The van der Waals surface area contributed by atoms with E-state index in [2.05, 4.69) is 10.2 Å². The van der Waals surface area contributed by atoms with Gasteiger partial charge in [0, 0.05) is 19.3 Å². The fourth-order valence-electron chi connectivity index (χ4n) is 5.07. The summed E-state index contributed by atoms with van der Waals surface area (Å²) in [6.07, 6.45) is -0.820. The topological polar surface area (TPSA) is 83.3 Å². The summed E-state index contributed by atoms with van der Waals surface area (Å²) in [6, 6.07) is 15.9. The van der Waals surface area contributed by atoms with Gasteiger partial charge in [-0.15, -0.1) is 0 Å². The molecule has 188 valence electrons. The number of benzene rings is 2. The highest BCUT2D eigenvalue weighted by atomic mass is 16.6. The molecule has 8 nitrogen and oxygen atoms in total. The summed E-state index contributed by atoms with van der Waals surface area (Å²) in [5.41, 5.74) is 1.12. The van der Waals surface area contributed by atoms with Crippen molar-refractivity contribution in [3.63, 3.8) is 0 Å². The highest BCUT2D eigenvalue weighted by Crippen LogP contribution is 2.47. The van der Waals surface area contributed by atoms with Crippen LogP contribution in [0.25, 0.3) is 4.85 Å². The number of ether oxygens (including phenoxy) is 1. The highest BCUT2D eigenvalue weighted by molar-refractivity contribution is 6.07. The van der Waals surface area contributed by atoms with E-state index in [1.807, 2.05) is 75.4 Å². The van der Waals surface area contributed by atoms with Crippen molar-refractivity contribution in [2.45, 2.75) is 57.8 Å². The first-order valence-electron chi connectivity index (χ1n) is 12.1. The van der Waals surface area contributed by atoms with Crippen LogP contribution in [0.5, 0.6) is 0 Å². The fraction of sp³-hybridized carbons (Fsp3) is 0.429. The van der Waals surface area contributed by atoms with Crippen LogP contribution in [-0.4, -0.2) is 53.5 Å². The minimum absolute atomic E-state index is 0.0922. The molecule has 8 heteroatoms. The average Bonchev–Trinajstić information content (AvgIpc) is 3.38. The summed E-state index contributed by atoms with van der Waals surface area (Å²) < 4.78 is 5.50. The molecule has 4 rings (SSSR count). The second-order valence-corrected chi connectivity index (χ2v) is 10.8. The molecule has 1 fully saturated rings. The number of likely N-dealkylation sites (tertiary alicyclic amines) is 1. The summed E-state index contributed by atoms with van der Waals surface area (Å²) in [7, 11) is 1.55. The number of carbonyl (C=O) groups excluding carboxylic acids is 3. The van der Waals surface area contributed by atoms with E-state index in [0.717, 1.165) is 11.1 Å². The number of fused-ring (bicyclic) bond motifs is 2. The van der Waals surface area contributed by atoms with Crippen LogP contribution in [0.4, 0.5) is 10.5 Å². The lowest BCUT2D eigenvalue weighted by atomic mass is 9.80. The molecule has 2 heterocycles. The van der Waals surface area contributed by atoms with E-state index < -0.39 is 23.7 Å². The Bertz CT molecular complexity index is 1200. The van der Waals surface area contributed by atoms with Crippen molar-refractivity contribution < 1.29 is 19.1 Å². The number of nitrogens with zero attached hydrogens (tertiary/aromatic N) is 3. The summed E-state index contributed by atoms with van der Waals surface area (Å²) >= 11 is 0. The van der Waals surface area contributed by atoms with E-state index in [0.29, 0.717) is 12.1 Å². The van der Waals surface area contributed by atoms with Gasteiger partial charge >= 0.3 is 12.3 Å². The normalized spacial score (nSPS) is 21.5. The van der Waals surface area contributed by atoms with Gasteiger partial charge in [0.2, 0.25) is 5.91 Å². The van der Waals surface area contributed by atoms with E-state index in [1.165, 1.54) is 9.80 Å². The van der Waals surface area contributed by atoms with Crippen LogP contribution in [0.1, 0.15) is 44.7 Å². The summed E-state index contributed by atoms with van der Waals surface area (Å²) in [4.78, 5) is 46.6. The Kier molecular flexibility index (Phi) is 6.77. The Morgan fingerprint density at radius 2 is 1.86 bits per heavy atom. The Balaban J connectivity index is 1.58.